The lowest BCUT2D eigenvalue weighted by molar-refractivity contribution is 0.156. The minimum Gasteiger partial charge on any atom is -0.285 e. The maximum Gasteiger partial charge on any atom is 0.281 e. The Hall–Kier alpha value is -0.680. The van der Waals surface area contributed by atoms with Crippen LogP contribution in [-0.2, 0) is 10.2 Å². The van der Waals surface area contributed by atoms with Gasteiger partial charge in [0.25, 0.3) is 10.2 Å². The molecule has 0 bridgehead atoms. The highest BCUT2D eigenvalue weighted by molar-refractivity contribution is 7.86. The van der Waals surface area contributed by atoms with Crippen LogP contribution in [0.2, 0.25) is 0 Å². The highest BCUT2D eigenvalue weighted by atomic mass is 32.2. The number of hydrogen-bond donors (Lipinski definition) is 0. The van der Waals surface area contributed by atoms with Gasteiger partial charge in [0.05, 0.1) is 12.1 Å². The molecule has 0 aromatic rings. The monoisotopic (exact) mass is 260 g/mol. The van der Waals surface area contributed by atoms with E-state index < -0.39 is 10.2 Å². The first-order chi connectivity index (χ1) is 7.93. The van der Waals surface area contributed by atoms with Crippen LogP contribution in [0.3, 0.4) is 0 Å². The van der Waals surface area contributed by atoms with Crippen molar-refractivity contribution < 1.29 is 8.42 Å². The summed E-state index contributed by atoms with van der Waals surface area (Å²) in [5, 5.41) is 8.96. The number of hydrogen-bond acceptors (Lipinski definition) is 4. The smallest absolute Gasteiger partial charge is 0.281 e. The van der Waals surface area contributed by atoms with Crippen LogP contribution < -0.4 is 0 Å². The van der Waals surface area contributed by atoms with E-state index in [0.29, 0.717) is 26.2 Å². The molecule has 1 atom stereocenters. The molecule has 0 aromatic heterocycles. The molecule has 0 aliphatic carbocycles. The molecule has 1 aliphatic heterocycles. The quantitative estimate of drug-likeness (QED) is 0.697. The molecule has 7 heteroatoms. The zero-order valence-electron chi connectivity index (χ0n) is 10.6. The summed E-state index contributed by atoms with van der Waals surface area (Å²) in [4.78, 5) is 2.04. The van der Waals surface area contributed by atoms with Crippen molar-refractivity contribution in [2.75, 3.05) is 40.3 Å². The van der Waals surface area contributed by atoms with Gasteiger partial charge in [-0.05, 0) is 6.42 Å². The van der Waals surface area contributed by atoms with Crippen LogP contribution in [0.1, 0.15) is 13.3 Å². The Balaban J connectivity index is 2.61. The highest BCUT2D eigenvalue weighted by Gasteiger charge is 2.30. The summed E-state index contributed by atoms with van der Waals surface area (Å²) in [7, 11) is -0.238. The first-order valence-corrected chi connectivity index (χ1v) is 7.14. The van der Waals surface area contributed by atoms with Crippen molar-refractivity contribution in [1.82, 2.24) is 13.5 Å². The molecule has 17 heavy (non-hydrogen) atoms. The van der Waals surface area contributed by atoms with E-state index in [1.807, 2.05) is 11.8 Å². The van der Waals surface area contributed by atoms with Gasteiger partial charge in [-0.2, -0.15) is 22.3 Å². The van der Waals surface area contributed by atoms with E-state index in [0.717, 1.165) is 6.42 Å². The van der Waals surface area contributed by atoms with Gasteiger partial charge in [0, 0.05) is 40.3 Å². The minimum atomic E-state index is -3.31. The lowest BCUT2D eigenvalue weighted by Gasteiger charge is -2.36. The molecule has 0 aromatic carbocycles. The Bertz CT molecular complexity index is 380. The maximum absolute atomic E-state index is 11.9. The summed E-state index contributed by atoms with van der Waals surface area (Å²) in [6.45, 7) is 4.13. The summed E-state index contributed by atoms with van der Waals surface area (Å²) in [6, 6.07) is 2.15. The Morgan fingerprint density at radius 2 is 1.82 bits per heavy atom. The summed E-state index contributed by atoms with van der Waals surface area (Å²) >= 11 is 0. The van der Waals surface area contributed by atoms with Crippen molar-refractivity contribution in [3.63, 3.8) is 0 Å². The summed E-state index contributed by atoms with van der Waals surface area (Å²) in [5.41, 5.74) is 0. The molecule has 98 valence electrons. The third-order valence-corrected chi connectivity index (χ3v) is 4.98. The average Bonchev–Trinajstić information content (AvgIpc) is 2.31. The SMILES string of the molecule is CCC(C#N)N1CCN(S(=O)(=O)N(C)C)CC1. The minimum absolute atomic E-state index is 0.0980. The van der Waals surface area contributed by atoms with E-state index in [9.17, 15) is 8.42 Å². The first kappa shape index (κ1) is 14.4. The maximum atomic E-state index is 11.9. The molecule has 0 radical (unpaired) electrons. The second-order valence-electron chi connectivity index (χ2n) is 4.28. The highest BCUT2D eigenvalue weighted by Crippen LogP contribution is 2.12. The van der Waals surface area contributed by atoms with Gasteiger partial charge in [0.2, 0.25) is 0 Å². The van der Waals surface area contributed by atoms with E-state index >= 15 is 0 Å². The second kappa shape index (κ2) is 5.78. The van der Waals surface area contributed by atoms with E-state index in [-0.39, 0.29) is 6.04 Å². The van der Waals surface area contributed by atoms with Gasteiger partial charge in [-0.25, -0.2) is 0 Å². The molecule has 0 amide bonds. The molecule has 6 nitrogen and oxygen atoms in total. The number of nitriles is 1. The van der Waals surface area contributed by atoms with Crippen molar-refractivity contribution in [2.45, 2.75) is 19.4 Å². The fourth-order valence-corrected chi connectivity index (χ4v) is 2.99. The van der Waals surface area contributed by atoms with Gasteiger partial charge in [0.1, 0.15) is 0 Å². The topological polar surface area (TPSA) is 67.6 Å². The molecule has 1 saturated heterocycles. The Morgan fingerprint density at radius 3 is 2.18 bits per heavy atom. The normalized spacial score (nSPS) is 21.4. The van der Waals surface area contributed by atoms with Crippen molar-refractivity contribution >= 4 is 10.2 Å². The van der Waals surface area contributed by atoms with Gasteiger partial charge in [0.15, 0.2) is 0 Å². The molecule has 1 heterocycles. The van der Waals surface area contributed by atoms with Crippen LogP contribution in [0.4, 0.5) is 0 Å². The molecule has 1 fully saturated rings. The summed E-state index contributed by atoms with van der Waals surface area (Å²) in [6.07, 6.45) is 0.775. The Labute approximate surface area is 104 Å². The fourth-order valence-electron chi connectivity index (χ4n) is 1.91. The number of nitrogens with zero attached hydrogens (tertiary/aromatic N) is 4. The van der Waals surface area contributed by atoms with Gasteiger partial charge in [-0.3, -0.25) is 4.90 Å². The largest absolute Gasteiger partial charge is 0.285 e. The van der Waals surface area contributed by atoms with Crippen molar-refractivity contribution in [3.8, 4) is 6.07 Å². The third kappa shape index (κ3) is 3.16. The van der Waals surface area contributed by atoms with Gasteiger partial charge in [-0.15, -0.1) is 0 Å². The zero-order chi connectivity index (χ0) is 13.1. The molecule has 1 unspecified atom stereocenters. The lowest BCUT2D eigenvalue weighted by atomic mass is 10.2. The molecule has 1 aliphatic rings. The number of rotatable bonds is 4. The first-order valence-electron chi connectivity index (χ1n) is 5.74. The van der Waals surface area contributed by atoms with E-state index in [1.165, 1.54) is 22.7 Å². The molecule has 0 spiro atoms. The summed E-state index contributed by atoms with van der Waals surface area (Å²) in [5.74, 6) is 0. The van der Waals surface area contributed by atoms with Crippen LogP contribution in [0.25, 0.3) is 0 Å². The predicted molar refractivity (Wildman–Crippen MR) is 65.4 cm³/mol. The standard InChI is InChI=1S/C10H20N4O2S/c1-4-10(9-11)13-5-7-14(8-6-13)17(15,16)12(2)3/h10H,4-8H2,1-3H3. The molecule has 1 rings (SSSR count). The van der Waals surface area contributed by atoms with Gasteiger partial charge >= 0.3 is 0 Å². The van der Waals surface area contributed by atoms with Crippen LogP contribution in [-0.4, -0.2) is 68.2 Å². The third-order valence-electron chi connectivity index (χ3n) is 3.04. The van der Waals surface area contributed by atoms with Gasteiger partial charge < -0.3 is 0 Å². The Morgan fingerprint density at radius 1 is 1.29 bits per heavy atom. The molecular weight excluding hydrogens is 240 g/mol. The predicted octanol–water partition coefficient (Wildman–Crippen LogP) is -0.287. The van der Waals surface area contributed by atoms with Crippen molar-refractivity contribution in [2.24, 2.45) is 0 Å². The van der Waals surface area contributed by atoms with Crippen LogP contribution >= 0.6 is 0 Å². The van der Waals surface area contributed by atoms with Crippen LogP contribution in [0.5, 0.6) is 0 Å². The van der Waals surface area contributed by atoms with Crippen LogP contribution in [0.15, 0.2) is 0 Å². The van der Waals surface area contributed by atoms with E-state index in [1.54, 1.807) is 0 Å². The van der Waals surface area contributed by atoms with Crippen molar-refractivity contribution in [1.29, 1.82) is 5.26 Å². The fraction of sp³-hybridized carbons (Fsp3) is 0.900. The molecular formula is C10H20N4O2S. The second-order valence-corrected chi connectivity index (χ2v) is 6.42. The van der Waals surface area contributed by atoms with Gasteiger partial charge in [-0.1, -0.05) is 6.92 Å². The number of piperazine rings is 1. The zero-order valence-corrected chi connectivity index (χ0v) is 11.4. The van der Waals surface area contributed by atoms with Crippen LogP contribution in [0, 0.1) is 11.3 Å². The average molecular weight is 260 g/mol. The molecule has 0 saturated carbocycles. The van der Waals surface area contributed by atoms with E-state index in [2.05, 4.69) is 6.07 Å². The summed E-state index contributed by atoms with van der Waals surface area (Å²) < 4.78 is 26.4. The molecule has 0 N–H and O–H groups in total. The van der Waals surface area contributed by atoms with Crippen molar-refractivity contribution in [3.05, 3.63) is 0 Å². The van der Waals surface area contributed by atoms with E-state index in [4.69, 9.17) is 5.26 Å². The Kier molecular flexibility index (Phi) is 4.89. The lowest BCUT2D eigenvalue weighted by Crippen LogP contribution is -2.53.